The van der Waals surface area contributed by atoms with Crippen LogP contribution in [0.4, 0.5) is 5.82 Å². The topological polar surface area (TPSA) is 24.9 Å². The quantitative estimate of drug-likeness (QED) is 0.922. The highest BCUT2D eigenvalue weighted by Crippen LogP contribution is 2.19. The number of nitrogens with one attached hydrogen (secondary N) is 1. The van der Waals surface area contributed by atoms with Crippen molar-refractivity contribution >= 4 is 33.1 Å². The van der Waals surface area contributed by atoms with Gasteiger partial charge in [0.1, 0.15) is 5.82 Å². The lowest BCUT2D eigenvalue weighted by atomic mass is 10.3. The standard InChI is InChI=1S/C10H9BrN2S/c11-9-2-1-4-12-10(9)13-6-8-3-5-14-7-8/h1-5,7H,6H2,(H,12,13). The highest BCUT2D eigenvalue weighted by molar-refractivity contribution is 9.10. The number of anilines is 1. The van der Waals surface area contributed by atoms with Gasteiger partial charge in [0, 0.05) is 12.7 Å². The number of hydrogen-bond acceptors (Lipinski definition) is 3. The third-order valence-corrected chi connectivity index (χ3v) is 3.17. The van der Waals surface area contributed by atoms with Gasteiger partial charge in [-0.05, 0) is 50.5 Å². The second kappa shape index (κ2) is 4.57. The van der Waals surface area contributed by atoms with Crippen LogP contribution in [-0.4, -0.2) is 4.98 Å². The van der Waals surface area contributed by atoms with Gasteiger partial charge in [-0.2, -0.15) is 11.3 Å². The Morgan fingerprint density at radius 1 is 1.43 bits per heavy atom. The maximum absolute atomic E-state index is 4.22. The maximum Gasteiger partial charge on any atom is 0.140 e. The lowest BCUT2D eigenvalue weighted by molar-refractivity contribution is 1.11. The van der Waals surface area contributed by atoms with Gasteiger partial charge in [-0.25, -0.2) is 4.98 Å². The van der Waals surface area contributed by atoms with Crippen LogP contribution in [0.15, 0.2) is 39.6 Å². The fraction of sp³-hybridized carbons (Fsp3) is 0.100. The molecule has 0 bridgehead atoms. The molecule has 2 aromatic heterocycles. The van der Waals surface area contributed by atoms with E-state index in [0.717, 1.165) is 16.8 Å². The summed E-state index contributed by atoms with van der Waals surface area (Å²) in [4.78, 5) is 4.22. The first-order valence-corrected chi connectivity index (χ1v) is 5.95. The van der Waals surface area contributed by atoms with Crippen LogP contribution in [0.2, 0.25) is 0 Å². The molecule has 2 heterocycles. The van der Waals surface area contributed by atoms with E-state index in [9.17, 15) is 0 Å². The van der Waals surface area contributed by atoms with E-state index in [1.165, 1.54) is 5.56 Å². The smallest absolute Gasteiger partial charge is 0.140 e. The third kappa shape index (κ3) is 2.33. The van der Waals surface area contributed by atoms with Crippen molar-refractivity contribution in [3.63, 3.8) is 0 Å². The zero-order valence-electron chi connectivity index (χ0n) is 7.40. The number of nitrogens with zero attached hydrogens (tertiary/aromatic N) is 1. The fourth-order valence-corrected chi connectivity index (χ4v) is 2.16. The lowest BCUT2D eigenvalue weighted by Crippen LogP contribution is -2.00. The number of rotatable bonds is 3. The summed E-state index contributed by atoms with van der Waals surface area (Å²) in [5.41, 5.74) is 1.28. The average Bonchev–Trinajstić information content (AvgIpc) is 2.69. The van der Waals surface area contributed by atoms with E-state index in [1.54, 1.807) is 17.5 Å². The van der Waals surface area contributed by atoms with Gasteiger partial charge in [0.15, 0.2) is 0 Å². The van der Waals surface area contributed by atoms with E-state index >= 15 is 0 Å². The SMILES string of the molecule is Brc1cccnc1NCc1ccsc1. The zero-order valence-corrected chi connectivity index (χ0v) is 9.81. The van der Waals surface area contributed by atoms with Crippen LogP contribution in [0.3, 0.4) is 0 Å². The van der Waals surface area contributed by atoms with Crippen molar-refractivity contribution in [2.45, 2.75) is 6.54 Å². The minimum atomic E-state index is 0.819. The largest absolute Gasteiger partial charge is 0.365 e. The number of hydrogen-bond donors (Lipinski definition) is 1. The summed E-state index contributed by atoms with van der Waals surface area (Å²) in [5.74, 6) is 0.888. The second-order valence-corrected chi connectivity index (χ2v) is 4.45. The molecule has 14 heavy (non-hydrogen) atoms. The Morgan fingerprint density at radius 2 is 2.36 bits per heavy atom. The van der Waals surface area contributed by atoms with Gasteiger partial charge in [0.05, 0.1) is 4.47 Å². The van der Waals surface area contributed by atoms with E-state index in [2.05, 4.69) is 43.1 Å². The first-order valence-electron chi connectivity index (χ1n) is 4.22. The van der Waals surface area contributed by atoms with Gasteiger partial charge < -0.3 is 5.32 Å². The fourth-order valence-electron chi connectivity index (χ4n) is 1.09. The Morgan fingerprint density at radius 3 is 3.07 bits per heavy atom. The van der Waals surface area contributed by atoms with Crippen LogP contribution in [0.25, 0.3) is 0 Å². The van der Waals surface area contributed by atoms with Crippen LogP contribution < -0.4 is 5.32 Å². The normalized spacial score (nSPS) is 10.1. The van der Waals surface area contributed by atoms with Gasteiger partial charge in [-0.3, -0.25) is 0 Å². The number of thiophene rings is 1. The van der Waals surface area contributed by atoms with Crippen LogP contribution >= 0.6 is 27.3 Å². The molecule has 0 spiro atoms. The Bertz CT molecular complexity index is 400. The van der Waals surface area contributed by atoms with Crippen molar-refractivity contribution < 1.29 is 0 Å². The number of pyridine rings is 1. The van der Waals surface area contributed by atoms with Crippen LogP contribution in [-0.2, 0) is 6.54 Å². The number of aromatic nitrogens is 1. The summed E-state index contributed by atoms with van der Waals surface area (Å²) in [6, 6.07) is 5.98. The van der Waals surface area contributed by atoms with Gasteiger partial charge >= 0.3 is 0 Å². The van der Waals surface area contributed by atoms with Crippen molar-refractivity contribution in [2.75, 3.05) is 5.32 Å². The molecule has 0 atom stereocenters. The Balaban J connectivity index is 2.02. The average molecular weight is 269 g/mol. The van der Waals surface area contributed by atoms with Crippen molar-refractivity contribution in [3.8, 4) is 0 Å². The van der Waals surface area contributed by atoms with Gasteiger partial charge in [-0.1, -0.05) is 0 Å². The highest BCUT2D eigenvalue weighted by atomic mass is 79.9. The zero-order chi connectivity index (χ0) is 9.80. The molecule has 0 aliphatic heterocycles. The summed E-state index contributed by atoms with van der Waals surface area (Å²) >= 11 is 5.14. The van der Waals surface area contributed by atoms with Crippen LogP contribution in [0, 0.1) is 0 Å². The molecule has 1 N–H and O–H groups in total. The molecular formula is C10H9BrN2S. The molecule has 0 amide bonds. The van der Waals surface area contributed by atoms with Crippen molar-refractivity contribution in [3.05, 3.63) is 45.2 Å². The predicted molar refractivity (Wildman–Crippen MR) is 63.6 cm³/mol. The summed E-state index contributed by atoms with van der Waals surface area (Å²) in [5, 5.41) is 7.47. The van der Waals surface area contributed by atoms with E-state index in [4.69, 9.17) is 0 Å². The van der Waals surface area contributed by atoms with Crippen LogP contribution in [0.5, 0.6) is 0 Å². The summed E-state index contributed by atoms with van der Waals surface area (Å²) < 4.78 is 0.996. The molecule has 2 aromatic rings. The van der Waals surface area contributed by atoms with E-state index < -0.39 is 0 Å². The second-order valence-electron chi connectivity index (χ2n) is 2.82. The van der Waals surface area contributed by atoms with Crippen molar-refractivity contribution in [2.24, 2.45) is 0 Å². The predicted octanol–water partition coefficient (Wildman–Crippen LogP) is 3.52. The maximum atomic E-state index is 4.22. The third-order valence-electron chi connectivity index (χ3n) is 1.80. The Labute approximate surface area is 95.1 Å². The number of halogens is 1. The molecule has 0 radical (unpaired) electrons. The first kappa shape index (κ1) is 9.68. The molecule has 72 valence electrons. The van der Waals surface area contributed by atoms with Gasteiger partial charge in [0.25, 0.3) is 0 Å². The molecule has 0 saturated heterocycles. The molecule has 0 unspecified atom stereocenters. The van der Waals surface area contributed by atoms with E-state index in [0.29, 0.717) is 0 Å². The Kier molecular flexibility index (Phi) is 3.16. The summed E-state index contributed by atoms with van der Waals surface area (Å²) in [7, 11) is 0. The summed E-state index contributed by atoms with van der Waals surface area (Å²) in [6.45, 7) is 0.819. The molecule has 4 heteroatoms. The molecule has 0 aliphatic rings. The first-order chi connectivity index (χ1) is 6.86. The molecule has 0 aromatic carbocycles. The van der Waals surface area contributed by atoms with Crippen molar-refractivity contribution in [1.82, 2.24) is 4.98 Å². The molecular weight excluding hydrogens is 260 g/mol. The summed E-state index contributed by atoms with van der Waals surface area (Å²) in [6.07, 6.45) is 1.78. The minimum Gasteiger partial charge on any atom is -0.365 e. The van der Waals surface area contributed by atoms with E-state index in [1.807, 2.05) is 12.1 Å². The minimum absolute atomic E-state index is 0.819. The van der Waals surface area contributed by atoms with Crippen LogP contribution in [0.1, 0.15) is 5.56 Å². The van der Waals surface area contributed by atoms with E-state index in [-0.39, 0.29) is 0 Å². The molecule has 2 nitrogen and oxygen atoms in total. The lowest BCUT2D eigenvalue weighted by Gasteiger charge is -2.05. The highest BCUT2D eigenvalue weighted by Gasteiger charge is 1.99. The van der Waals surface area contributed by atoms with Gasteiger partial charge in [0.2, 0.25) is 0 Å². The molecule has 0 fully saturated rings. The molecule has 0 aliphatic carbocycles. The van der Waals surface area contributed by atoms with Crippen molar-refractivity contribution in [1.29, 1.82) is 0 Å². The Hall–Kier alpha value is -0.870. The monoisotopic (exact) mass is 268 g/mol. The molecule has 2 rings (SSSR count). The van der Waals surface area contributed by atoms with Gasteiger partial charge in [-0.15, -0.1) is 0 Å². The molecule has 0 saturated carbocycles.